The van der Waals surface area contributed by atoms with Gasteiger partial charge in [-0.1, -0.05) is 15.9 Å². The van der Waals surface area contributed by atoms with Crippen LogP contribution < -0.4 is 16.0 Å². The van der Waals surface area contributed by atoms with E-state index < -0.39 is 0 Å². The molecule has 0 aromatic heterocycles. The second kappa shape index (κ2) is 8.60. The van der Waals surface area contributed by atoms with Crippen molar-refractivity contribution in [3.8, 4) is 0 Å². The van der Waals surface area contributed by atoms with Crippen molar-refractivity contribution in [2.75, 3.05) is 18.9 Å². The molecule has 0 bridgehead atoms. The zero-order valence-corrected chi connectivity index (χ0v) is 15.4. The van der Waals surface area contributed by atoms with Crippen LogP contribution in [0.1, 0.15) is 12.8 Å². The highest BCUT2D eigenvalue weighted by Crippen LogP contribution is 2.29. The smallest absolute Gasteiger partial charge is 0.321 e. The number of amides is 2. The molecule has 116 valence electrons. The van der Waals surface area contributed by atoms with E-state index in [4.69, 9.17) is 0 Å². The van der Waals surface area contributed by atoms with Gasteiger partial charge in [-0.3, -0.25) is 10.3 Å². The van der Waals surface area contributed by atoms with Crippen LogP contribution in [0.5, 0.6) is 0 Å². The van der Waals surface area contributed by atoms with Crippen molar-refractivity contribution in [2.45, 2.75) is 12.8 Å². The molecule has 2 amide bonds. The molecule has 1 aliphatic carbocycles. The standard InChI is InChI=1S/C13H16Br2N4O.ClH/c1-16-13(20)19-12(17-7-8-2-3-8)18-11-5-4-9(14)6-10(11)15;/h4-6,8H,2-3,7H2,1H3,(H3,16,17,18,19,20);1H. The number of nitrogens with zero attached hydrogens (tertiary/aromatic N) is 1. The van der Waals surface area contributed by atoms with Gasteiger partial charge < -0.3 is 10.6 Å². The Hall–Kier alpha value is -0.790. The molecule has 3 N–H and O–H groups in total. The lowest BCUT2D eigenvalue weighted by atomic mass is 10.3. The molecule has 1 fully saturated rings. The third-order valence-electron chi connectivity index (χ3n) is 2.85. The van der Waals surface area contributed by atoms with Crippen LogP contribution in [0.4, 0.5) is 10.5 Å². The van der Waals surface area contributed by atoms with Crippen molar-refractivity contribution in [3.05, 3.63) is 27.1 Å². The topological polar surface area (TPSA) is 65.5 Å². The van der Waals surface area contributed by atoms with E-state index in [-0.39, 0.29) is 18.4 Å². The number of urea groups is 1. The van der Waals surface area contributed by atoms with Crippen molar-refractivity contribution < 1.29 is 4.79 Å². The van der Waals surface area contributed by atoms with Crippen molar-refractivity contribution in [2.24, 2.45) is 10.9 Å². The van der Waals surface area contributed by atoms with E-state index in [0.29, 0.717) is 11.9 Å². The monoisotopic (exact) mass is 438 g/mol. The van der Waals surface area contributed by atoms with E-state index in [2.05, 4.69) is 52.8 Å². The number of carbonyl (C=O) groups excluding carboxylic acids is 1. The maximum Gasteiger partial charge on any atom is 0.321 e. The number of rotatable bonds is 3. The summed E-state index contributed by atoms with van der Waals surface area (Å²) in [7, 11) is 1.57. The van der Waals surface area contributed by atoms with E-state index >= 15 is 0 Å². The normalized spacial score (nSPS) is 14.1. The summed E-state index contributed by atoms with van der Waals surface area (Å²) in [5.74, 6) is 1.12. The number of benzene rings is 1. The lowest BCUT2D eigenvalue weighted by molar-refractivity contribution is 0.247. The molecule has 0 aliphatic heterocycles. The molecule has 0 radical (unpaired) electrons. The average Bonchev–Trinajstić information content (AvgIpc) is 3.23. The van der Waals surface area contributed by atoms with Gasteiger partial charge in [0.2, 0.25) is 5.96 Å². The molecular formula is C13H17Br2ClN4O. The third kappa shape index (κ3) is 6.23. The molecule has 0 saturated heterocycles. The molecule has 0 atom stereocenters. The van der Waals surface area contributed by atoms with E-state index in [0.717, 1.165) is 21.2 Å². The molecule has 1 aromatic rings. The SMILES string of the molecule is CNC(=O)NC(=NCC1CC1)Nc1ccc(Br)cc1Br.Cl. The number of hydrogen-bond donors (Lipinski definition) is 3. The van der Waals surface area contributed by atoms with Crippen molar-refractivity contribution >= 4 is 61.9 Å². The second-order valence-corrected chi connectivity index (χ2v) is 6.36. The molecular weight excluding hydrogens is 423 g/mol. The van der Waals surface area contributed by atoms with E-state index in [1.54, 1.807) is 7.05 Å². The molecule has 0 spiro atoms. The van der Waals surface area contributed by atoms with Crippen molar-refractivity contribution in [1.29, 1.82) is 0 Å². The van der Waals surface area contributed by atoms with Gasteiger partial charge in [0.25, 0.3) is 0 Å². The van der Waals surface area contributed by atoms with Gasteiger partial charge >= 0.3 is 6.03 Å². The molecule has 0 heterocycles. The Kier molecular flexibility index (Phi) is 7.48. The van der Waals surface area contributed by atoms with Crippen LogP contribution in [-0.4, -0.2) is 25.6 Å². The molecule has 2 rings (SSSR count). The maximum absolute atomic E-state index is 11.4. The summed E-state index contributed by atoms with van der Waals surface area (Å²) >= 11 is 6.88. The van der Waals surface area contributed by atoms with Gasteiger partial charge in [0.15, 0.2) is 0 Å². The molecule has 1 aromatic carbocycles. The fourth-order valence-electron chi connectivity index (χ4n) is 1.52. The van der Waals surface area contributed by atoms with Crippen LogP contribution in [0.3, 0.4) is 0 Å². The van der Waals surface area contributed by atoms with Gasteiger partial charge in [0.1, 0.15) is 0 Å². The second-order valence-electron chi connectivity index (χ2n) is 4.59. The molecule has 1 aliphatic rings. The summed E-state index contributed by atoms with van der Waals surface area (Å²) < 4.78 is 1.87. The fraction of sp³-hybridized carbons (Fsp3) is 0.385. The van der Waals surface area contributed by atoms with Gasteiger partial charge in [-0.2, -0.15) is 0 Å². The lowest BCUT2D eigenvalue weighted by Gasteiger charge is -2.13. The first kappa shape index (κ1) is 18.3. The van der Waals surface area contributed by atoms with Crippen LogP contribution >= 0.6 is 44.3 Å². The Morgan fingerprint density at radius 3 is 2.67 bits per heavy atom. The van der Waals surface area contributed by atoms with E-state index in [1.165, 1.54) is 12.8 Å². The average molecular weight is 441 g/mol. The Balaban J connectivity index is 0.00000220. The molecule has 21 heavy (non-hydrogen) atoms. The Bertz CT molecular complexity index is 535. The predicted molar refractivity (Wildman–Crippen MR) is 95.3 cm³/mol. The van der Waals surface area contributed by atoms with Crippen LogP contribution in [0.2, 0.25) is 0 Å². The Morgan fingerprint density at radius 1 is 1.38 bits per heavy atom. The summed E-state index contributed by atoms with van der Waals surface area (Å²) in [6, 6.07) is 5.47. The van der Waals surface area contributed by atoms with Gasteiger partial charge in [-0.15, -0.1) is 12.4 Å². The summed E-state index contributed by atoms with van der Waals surface area (Å²) in [5, 5.41) is 8.35. The summed E-state index contributed by atoms with van der Waals surface area (Å²) in [4.78, 5) is 15.9. The highest BCUT2D eigenvalue weighted by molar-refractivity contribution is 9.11. The van der Waals surface area contributed by atoms with Crippen molar-refractivity contribution in [3.63, 3.8) is 0 Å². The molecule has 8 heteroatoms. The molecule has 5 nitrogen and oxygen atoms in total. The number of guanidine groups is 1. The Morgan fingerprint density at radius 2 is 2.10 bits per heavy atom. The first-order valence-electron chi connectivity index (χ1n) is 6.33. The zero-order valence-electron chi connectivity index (χ0n) is 11.5. The first-order chi connectivity index (χ1) is 9.58. The third-order valence-corrected chi connectivity index (χ3v) is 4.00. The highest BCUT2D eigenvalue weighted by atomic mass is 79.9. The summed E-state index contributed by atoms with van der Waals surface area (Å²) in [6.07, 6.45) is 2.44. The predicted octanol–water partition coefficient (Wildman–Crippen LogP) is 3.74. The highest BCUT2D eigenvalue weighted by Gasteiger charge is 2.21. The number of hydrogen-bond acceptors (Lipinski definition) is 2. The Labute approximate surface area is 147 Å². The minimum Gasteiger partial charge on any atom is -0.341 e. The number of halogens is 3. The van der Waals surface area contributed by atoms with Gasteiger partial charge in [0.05, 0.1) is 5.69 Å². The first-order valence-corrected chi connectivity index (χ1v) is 7.92. The molecule has 1 saturated carbocycles. The van der Waals surface area contributed by atoms with Crippen LogP contribution in [0.25, 0.3) is 0 Å². The number of nitrogens with one attached hydrogen (secondary N) is 3. The van der Waals surface area contributed by atoms with Crippen LogP contribution in [0, 0.1) is 5.92 Å². The minimum absolute atomic E-state index is 0. The number of anilines is 1. The largest absolute Gasteiger partial charge is 0.341 e. The van der Waals surface area contributed by atoms with Gasteiger partial charge in [-0.25, -0.2) is 4.79 Å². The minimum atomic E-state index is -0.291. The van der Waals surface area contributed by atoms with Gasteiger partial charge in [0, 0.05) is 22.5 Å². The number of aliphatic imine (C=N–C) groups is 1. The van der Waals surface area contributed by atoms with Crippen LogP contribution in [-0.2, 0) is 0 Å². The van der Waals surface area contributed by atoms with E-state index in [1.807, 2.05) is 18.2 Å². The van der Waals surface area contributed by atoms with E-state index in [9.17, 15) is 4.79 Å². The lowest BCUT2D eigenvalue weighted by Crippen LogP contribution is -2.41. The number of carbonyl (C=O) groups is 1. The maximum atomic E-state index is 11.4. The summed E-state index contributed by atoms with van der Waals surface area (Å²) in [5.41, 5.74) is 0.846. The molecule has 0 unspecified atom stereocenters. The van der Waals surface area contributed by atoms with Gasteiger partial charge in [-0.05, 0) is 52.9 Å². The quantitative estimate of drug-likeness (QED) is 0.495. The van der Waals surface area contributed by atoms with Crippen molar-refractivity contribution in [1.82, 2.24) is 10.6 Å². The van der Waals surface area contributed by atoms with Crippen LogP contribution in [0.15, 0.2) is 32.1 Å². The summed E-state index contributed by atoms with van der Waals surface area (Å²) in [6.45, 7) is 0.737. The fourth-order valence-corrected chi connectivity index (χ4v) is 2.67. The zero-order chi connectivity index (χ0) is 14.5.